The summed E-state index contributed by atoms with van der Waals surface area (Å²) in [6.07, 6.45) is 15.5. The number of ketones is 1. The molecule has 0 spiro atoms. The molecule has 0 saturated heterocycles. The molecule has 0 N–H and O–H groups in total. The molecule has 0 atom stereocenters. The first kappa shape index (κ1) is 21.1. The smallest absolute Gasteiger partial charge is 0.185 e. The van der Waals surface area contributed by atoms with Crippen LogP contribution in [-0.2, 0) is 0 Å². The van der Waals surface area contributed by atoms with Crippen molar-refractivity contribution in [3.8, 4) is 16.9 Å². The summed E-state index contributed by atoms with van der Waals surface area (Å²) in [6, 6.07) is 22.0. The number of benzene rings is 2. The molecule has 0 amide bonds. The zero-order chi connectivity index (χ0) is 22.5. The van der Waals surface area contributed by atoms with Gasteiger partial charge in [0.05, 0.1) is 5.69 Å². The van der Waals surface area contributed by atoms with E-state index in [4.69, 9.17) is 5.10 Å². The standard InChI is InChI=1S/C29H27N3O/c33-28(24-15-13-23(14-16-24)22-8-3-1-4-9-22)18-17-26-21-32(27-11-5-2-6-12-27)31-29(26)25-10-7-19-30-20-25/h2,5-7,10-22H,1,3-4,8-9H2. The highest BCUT2D eigenvalue weighted by Crippen LogP contribution is 2.32. The molecule has 0 radical (unpaired) electrons. The van der Waals surface area contributed by atoms with Gasteiger partial charge in [-0.3, -0.25) is 9.78 Å². The number of carbonyl (C=O) groups is 1. The number of allylic oxidation sites excluding steroid dienone is 1. The van der Waals surface area contributed by atoms with E-state index in [1.165, 1.54) is 37.7 Å². The van der Waals surface area contributed by atoms with Crippen LogP contribution in [0.15, 0.2) is 91.4 Å². The average Bonchev–Trinajstić information content (AvgIpc) is 3.33. The Morgan fingerprint density at radius 2 is 1.70 bits per heavy atom. The van der Waals surface area contributed by atoms with Crippen molar-refractivity contribution in [1.29, 1.82) is 0 Å². The average molecular weight is 434 g/mol. The van der Waals surface area contributed by atoms with E-state index < -0.39 is 0 Å². The minimum Gasteiger partial charge on any atom is -0.289 e. The van der Waals surface area contributed by atoms with Gasteiger partial charge in [-0.05, 0) is 60.7 Å². The summed E-state index contributed by atoms with van der Waals surface area (Å²) >= 11 is 0. The number of pyridine rings is 1. The van der Waals surface area contributed by atoms with Gasteiger partial charge in [-0.2, -0.15) is 5.10 Å². The van der Waals surface area contributed by atoms with Crippen molar-refractivity contribution in [1.82, 2.24) is 14.8 Å². The molecule has 33 heavy (non-hydrogen) atoms. The first-order valence-corrected chi connectivity index (χ1v) is 11.7. The van der Waals surface area contributed by atoms with Crippen molar-refractivity contribution in [3.05, 3.63) is 108 Å². The van der Waals surface area contributed by atoms with E-state index >= 15 is 0 Å². The van der Waals surface area contributed by atoms with E-state index in [9.17, 15) is 4.79 Å². The Morgan fingerprint density at radius 1 is 0.909 bits per heavy atom. The highest BCUT2D eigenvalue weighted by atomic mass is 16.1. The first-order valence-electron chi connectivity index (χ1n) is 11.7. The van der Waals surface area contributed by atoms with Crippen molar-refractivity contribution in [2.45, 2.75) is 38.0 Å². The van der Waals surface area contributed by atoms with E-state index in [1.807, 2.05) is 71.6 Å². The summed E-state index contributed by atoms with van der Waals surface area (Å²) in [5, 5.41) is 4.78. The van der Waals surface area contributed by atoms with Crippen LogP contribution in [0.4, 0.5) is 0 Å². The van der Waals surface area contributed by atoms with E-state index in [2.05, 4.69) is 17.1 Å². The van der Waals surface area contributed by atoms with E-state index in [1.54, 1.807) is 18.5 Å². The van der Waals surface area contributed by atoms with Crippen LogP contribution in [0.1, 0.15) is 59.5 Å². The Hall–Kier alpha value is -3.79. The molecule has 0 bridgehead atoms. The van der Waals surface area contributed by atoms with Gasteiger partial charge in [0.1, 0.15) is 5.69 Å². The predicted octanol–water partition coefficient (Wildman–Crippen LogP) is 6.88. The van der Waals surface area contributed by atoms with Crippen LogP contribution in [0.2, 0.25) is 0 Å². The maximum atomic E-state index is 12.9. The maximum absolute atomic E-state index is 12.9. The molecular formula is C29H27N3O. The maximum Gasteiger partial charge on any atom is 0.185 e. The van der Waals surface area contributed by atoms with Crippen LogP contribution in [0.5, 0.6) is 0 Å². The lowest BCUT2D eigenvalue weighted by atomic mass is 9.84. The SMILES string of the molecule is O=C(C=Cc1cn(-c2ccccc2)nc1-c1cccnc1)c1ccc(C2CCCCC2)cc1. The molecule has 0 aliphatic heterocycles. The highest BCUT2D eigenvalue weighted by Gasteiger charge is 2.16. The van der Waals surface area contributed by atoms with E-state index in [-0.39, 0.29) is 5.78 Å². The van der Waals surface area contributed by atoms with Crippen molar-refractivity contribution < 1.29 is 4.79 Å². The second-order valence-electron chi connectivity index (χ2n) is 8.61. The number of hydrogen-bond acceptors (Lipinski definition) is 3. The largest absolute Gasteiger partial charge is 0.289 e. The topological polar surface area (TPSA) is 47.8 Å². The van der Waals surface area contributed by atoms with Crippen LogP contribution in [0.3, 0.4) is 0 Å². The lowest BCUT2D eigenvalue weighted by Gasteiger charge is -2.21. The summed E-state index contributed by atoms with van der Waals surface area (Å²) in [5.74, 6) is 0.638. The van der Waals surface area contributed by atoms with Crippen molar-refractivity contribution in [2.75, 3.05) is 0 Å². The summed E-state index contributed by atoms with van der Waals surface area (Å²) < 4.78 is 1.84. The number of rotatable bonds is 6. The third kappa shape index (κ3) is 4.85. The zero-order valence-corrected chi connectivity index (χ0v) is 18.6. The molecule has 5 rings (SSSR count). The van der Waals surface area contributed by atoms with Crippen LogP contribution < -0.4 is 0 Å². The number of nitrogens with zero attached hydrogens (tertiary/aromatic N) is 3. The van der Waals surface area contributed by atoms with Gasteiger partial charge in [-0.15, -0.1) is 0 Å². The molecule has 4 heteroatoms. The van der Waals surface area contributed by atoms with Crippen LogP contribution in [0.25, 0.3) is 23.0 Å². The number of para-hydroxylation sites is 1. The van der Waals surface area contributed by atoms with E-state index in [0.717, 1.165) is 22.5 Å². The molecule has 2 aromatic heterocycles. The van der Waals surface area contributed by atoms with Crippen molar-refractivity contribution >= 4 is 11.9 Å². The Balaban J connectivity index is 1.40. The molecule has 1 aliphatic rings. The third-order valence-electron chi connectivity index (χ3n) is 6.38. The van der Waals surface area contributed by atoms with Crippen LogP contribution >= 0.6 is 0 Å². The van der Waals surface area contributed by atoms with Gasteiger partial charge in [-0.1, -0.05) is 61.7 Å². The fourth-order valence-electron chi connectivity index (χ4n) is 4.57. The molecule has 4 nitrogen and oxygen atoms in total. The summed E-state index contributed by atoms with van der Waals surface area (Å²) in [4.78, 5) is 17.1. The van der Waals surface area contributed by atoms with Crippen molar-refractivity contribution in [2.24, 2.45) is 0 Å². The first-order chi connectivity index (χ1) is 16.3. The molecule has 4 aromatic rings. The van der Waals surface area contributed by atoms with Gasteiger partial charge >= 0.3 is 0 Å². The number of aromatic nitrogens is 3. The molecular weight excluding hydrogens is 406 g/mol. The number of carbonyl (C=O) groups excluding carboxylic acids is 1. The third-order valence-corrected chi connectivity index (χ3v) is 6.38. The Morgan fingerprint density at radius 3 is 2.42 bits per heavy atom. The Labute approximate surface area is 194 Å². The second kappa shape index (κ2) is 9.78. The van der Waals surface area contributed by atoms with Gasteiger partial charge in [0, 0.05) is 35.3 Å². The van der Waals surface area contributed by atoms with Crippen LogP contribution in [-0.4, -0.2) is 20.5 Å². The molecule has 1 aliphatic carbocycles. The number of hydrogen-bond donors (Lipinski definition) is 0. The monoisotopic (exact) mass is 433 g/mol. The quantitative estimate of drug-likeness (QED) is 0.246. The molecule has 2 heterocycles. The highest BCUT2D eigenvalue weighted by molar-refractivity contribution is 6.07. The summed E-state index contributed by atoms with van der Waals surface area (Å²) in [7, 11) is 0. The van der Waals surface area contributed by atoms with Gasteiger partial charge < -0.3 is 0 Å². The van der Waals surface area contributed by atoms with Gasteiger partial charge in [-0.25, -0.2) is 4.68 Å². The molecule has 1 saturated carbocycles. The molecule has 2 aromatic carbocycles. The van der Waals surface area contributed by atoms with Crippen molar-refractivity contribution in [3.63, 3.8) is 0 Å². The normalized spacial score (nSPS) is 14.5. The fourth-order valence-corrected chi connectivity index (χ4v) is 4.57. The molecule has 0 unspecified atom stereocenters. The summed E-state index contributed by atoms with van der Waals surface area (Å²) in [6.45, 7) is 0. The second-order valence-corrected chi connectivity index (χ2v) is 8.61. The minimum atomic E-state index is -0.00482. The lowest BCUT2D eigenvalue weighted by Crippen LogP contribution is -2.05. The minimum absolute atomic E-state index is 0.00482. The fraction of sp³-hybridized carbons (Fsp3) is 0.207. The van der Waals surface area contributed by atoms with Crippen LogP contribution in [0, 0.1) is 0 Å². The molecule has 1 fully saturated rings. The van der Waals surface area contributed by atoms with Gasteiger partial charge in [0.25, 0.3) is 0 Å². The summed E-state index contributed by atoms with van der Waals surface area (Å²) in [5.41, 5.74) is 5.62. The Bertz CT molecular complexity index is 1240. The molecule has 164 valence electrons. The van der Waals surface area contributed by atoms with Gasteiger partial charge in [0.2, 0.25) is 0 Å². The Kier molecular flexibility index (Phi) is 6.25. The lowest BCUT2D eigenvalue weighted by molar-refractivity contribution is 0.104. The zero-order valence-electron chi connectivity index (χ0n) is 18.6. The van der Waals surface area contributed by atoms with E-state index in [0.29, 0.717) is 11.5 Å². The van der Waals surface area contributed by atoms with Gasteiger partial charge in [0.15, 0.2) is 5.78 Å². The predicted molar refractivity (Wildman–Crippen MR) is 132 cm³/mol.